The van der Waals surface area contributed by atoms with Crippen molar-refractivity contribution in [2.45, 2.75) is 25.8 Å². The number of hydrogen-bond donors (Lipinski definition) is 1. The van der Waals surface area contributed by atoms with E-state index in [0.717, 1.165) is 54.6 Å². The van der Waals surface area contributed by atoms with Crippen molar-refractivity contribution in [1.29, 1.82) is 0 Å². The molecule has 6 heteroatoms. The van der Waals surface area contributed by atoms with E-state index in [-0.39, 0.29) is 5.41 Å². The summed E-state index contributed by atoms with van der Waals surface area (Å²) < 4.78 is 5.61. The average Bonchev–Trinajstić information content (AvgIpc) is 2.62. The van der Waals surface area contributed by atoms with E-state index in [2.05, 4.69) is 5.32 Å². The molecule has 0 saturated carbocycles. The molecule has 1 N–H and O–H groups in total. The summed E-state index contributed by atoms with van der Waals surface area (Å²) in [6.45, 7) is 2.07. The van der Waals surface area contributed by atoms with Gasteiger partial charge >= 0.3 is 0 Å². The predicted octanol–water partition coefficient (Wildman–Crippen LogP) is 6.01. The van der Waals surface area contributed by atoms with Crippen LogP contribution in [0.5, 0.6) is 0 Å². The van der Waals surface area contributed by atoms with Crippen LogP contribution in [-0.2, 0) is 17.7 Å². The fourth-order valence-electron chi connectivity index (χ4n) is 3.75. The Bertz CT molecular complexity index is 860. The molecule has 2 aromatic rings. The van der Waals surface area contributed by atoms with Crippen LogP contribution in [0.2, 0.25) is 15.1 Å². The van der Waals surface area contributed by atoms with Crippen LogP contribution in [0.1, 0.15) is 24.0 Å². The fraction of sp³-hybridized carbons (Fsp3) is 0.350. The van der Waals surface area contributed by atoms with Gasteiger partial charge in [-0.15, -0.1) is 0 Å². The second-order valence-corrected chi connectivity index (χ2v) is 8.16. The maximum Gasteiger partial charge on any atom is 0.108 e. The molecule has 136 valence electrons. The molecule has 0 aliphatic carbocycles. The highest BCUT2D eigenvalue weighted by Crippen LogP contribution is 2.43. The van der Waals surface area contributed by atoms with Crippen LogP contribution in [-0.4, -0.2) is 19.0 Å². The molecule has 2 aromatic carbocycles. The lowest BCUT2D eigenvalue weighted by Gasteiger charge is -2.42. The van der Waals surface area contributed by atoms with Gasteiger partial charge in [-0.3, -0.25) is 4.99 Å². The van der Waals surface area contributed by atoms with E-state index in [1.54, 1.807) is 0 Å². The first-order chi connectivity index (χ1) is 12.6. The minimum atomic E-state index is -0.0407. The summed E-state index contributed by atoms with van der Waals surface area (Å²) >= 11 is 18.6. The van der Waals surface area contributed by atoms with E-state index < -0.39 is 0 Å². The van der Waals surface area contributed by atoms with Gasteiger partial charge in [0, 0.05) is 29.3 Å². The van der Waals surface area contributed by atoms with Crippen molar-refractivity contribution >= 4 is 46.3 Å². The maximum atomic E-state index is 6.24. The first kappa shape index (κ1) is 18.1. The smallest absolute Gasteiger partial charge is 0.108 e. The lowest BCUT2D eigenvalue weighted by Crippen LogP contribution is -2.45. The van der Waals surface area contributed by atoms with Crippen LogP contribution in [0.3, 0.4) is 0 Å². The van der Waals surface area contributed by atoms with Gasteiger partial charge in [0.2, 0.25) is 0 Å². The molecule has 0 unspecified atom stereocenters. The minimum Gasteiger partial charge on any atom is -0.381 e. The number of nitrogens with one attached hydrogen (secondary N) is 1. The highest BCUT2D eigenvalue weighted by Gasteiger charge is 2.41. The quantitative estimate of drug-likeness (QED) is 0.659. The molecular weight excluding hydrogens is 391 g/mol. The van der Waals surface area contributed by atoms with E-state index in [1.807, 2.05) is 36.4 Å². The molecule has 0 radical (unpaired) electrons. The number of ether oxygens (including phenoxy) is 1. The molecule has 0 amide bonds. The Balaban J connectivity index is 1.70. The summed E-state index contributed by atoms with van der Waals surface area (Å²) in [5, 5.41) is 5.40. The Morgan fingerprint density at radius 3 is 2.58 bits per heavy atom. The zero-order valence-corrected chi connectivity index (χ0v) is 16.5. The van der Waals surface area contributed by atoms with E-state index in [0.29, 0.717) is 16.6 Å². The van der Waals surface area contributed by atoms with Gasteiger partial charge in [-0.05, 0) is 54.7 Å². The Morgan fingerprint density at radius 1 is 1.04 bits per heavy atom. The zero-order valence-electron chi connectivity index (χ0n) is 14.2. The van der Waals surface area contributed by atoms with E-state index in [4.69, 9.17) is 44.5 Å². The molecule has 2 heterocycles. The summed E-state index contributed by atoms with van der Waals surface area (Å²) in [6, 6.07) is 11.7. The summed E-state index contributed by atoms with van der Waals surface area (Å²) in [5.41, 5.74) is 3.22. The van der Waals surface area contributed by atoms with Gasteiger partial charge in [-0.2, -0.15) is 0 Å². The molecule has 1 saturated heterocycles. The van der Waals surface area contributed by atoms with Gasteiger partial charge < -0.3 is 10.1 Å². The lowest BCUT2D eigenvalue weighted by atomic mass is 9.71. The number of rotatable bonds is 2. The van der Waals surface area contributed by atoms with Gasteiger partial charge in [0.15, 0.2) is 0 Å². The molecular formula is C20H19Cl3N2O. The van der Waals surface area contributed by atoms with Crippen molar-refractivity contribution in [3.05, 3.63) is 62.6 Å². The third-order valence-electron chi connectivity index (χ3n) is 5.19. The Hall–Kier alpha value is -1.26. The van der Waals surface area contributed by atoms with Crippen LogP contribution in [0, 0.1) is 5.41 Å². The molecule has 4 rings (SSSR count). The van der Waals surface area contributed by atoms with Crippen molar-refractivity contribution < 1.29 is 4.74 Å². The summed E-state index contributed by atoms with van der Waals surface area (Å²) in [5.74, 6) is 1.01. The van der Waals surface area contributed by atoms with Crippen LogP contribution >= 0.6 is 34.8 Å². The number of benzene rings is 2. The number of aliphatic imine (C=N–C) groups is 1. The predicted molar refractivity (Wildman–Crippen MR) is 109 cm³/mol. The third kappa shape index (κ3) is 3.59. The van der Waals surface area contributed by atoms with Crippen LogP contribution in [0.25, 0.3) is 0 Å². The minimum absolute atomic E-state index is 0.0407. The number of nitrogens with zero attached hydrogens (tertiary/aromatic N) is 1. The van der Waals surface area contributed by atoms with Crippen LogP contribution in [0.15, 0.2) is 41.4 Å². The topological polar surface area (TPSA) is 33.6 Å². The van der Waals surface area contributed by atoms with E-state index in [1.165, 1.54) is 5.56 Å². The van der Waals surface area contributed by atoms with Gasteiger partial charge in [0.25, 0.3) is 0 Å². The molecule has 26 heavy (non-hydrogen) atoms. The summed E-state index contributed by atoms with van der Waals surface area (Å²) in [7, 11) is 0. The first-order valence-electron chi connectivity index (χ1n) is 8.68. The van der Waals surface area contributed by atoms with Crippen molar-refractivity contribution in [1.82, 2.24) is 0 Å². The normalized spacial score (nSPS) is 20.0. The highest BCUT2D eigenvalue weighted by molar-refractivity contribution is 6.42. The maximum absolute atomic E-state index is 6.24. The number of hydrogen-bond acceptors (Lipinski definition) is 2. The summed E-state index contributed by atoms with van der Waals surface area (Å²) in [6.07, 6.45) is 2.77. The van der Waals surface area contributed by atoms with Gasteiger partial charge in [-0.25, -0.2) is 0 Å². The molecule has 3 nitrogen and oxygen atoms in total. The zero-order chi connectivity index (χ0) is 18.1. The number of halogens is 3. The fourth-order valence-corrected chi connectivity index (χ4v) is 4.31. The molecule has 0 bridgehead atoms. The van der Waals surface area contributed by atoms with E-state index >= 15 is 0 Å². The Morgan fingerprint density at radius 2 is 1.81 bits per heavy atom. The van der Waals surface area contributed by atoms with Crippen molar-refractivity contribution in [3.8, 4) is 0 Å². The largest absolute Gasteiger partial charge is 0.381 e. The monoisotopic (exact) mass is 408 g/mol. The lowest BCUT2D eigenvalue weighted by molar-refractivity contribution is 0.0449. The molecule has 2 aliphatic heterocycles. The Kier molecular flexibility index (Phi) is 5.15. The highest BCUT2D eigenvalue weighted by atomic mass is 35.5. The van der Waals surface area contributed by atoms with Gasteiger partial charge in [-0.1, -0.05) is 46.9 Å². The Labute approximate surface area is 168 Å². The van der Waals surface area contributed by atoms with Crippen LogP contribution in [0.4, 0.5) is 5.69 Å². The van der Waals surface area contributed by atoms with Crippen LogP contribution < -0.4 is 5.32 Å². The number of anilines is 1. The molecule has 0 atom stereocenters. The molecule has 1 fully saturated rings. The molecule has 1 spiro atoms. The van der Waals surface area contributed by atoms with E-state index in [9.17, 15) is 0 Å². The second kappa shape index (κ2) is 7.40. The summed E-state index contributed by atoms with van der Waals surface area (Å²) in [4.78, 5) is 4.94. The standard InChI is InChI=1S/C20H19Cl3N2O/c21-15-3-1-2-13(8-15)12-24-19-20(4-6-26-7-5-20)11-14-9-16(22)17(23)10-18(14)25-19/h1-3,8-10H,4-7,11-12H2,(H,24,25). The van der Waals surface area contributed by atoms with Crippen molar-refractivity contribution in [3.63, 3.8) is 0 Å². The molecule has 0 aromatic heterocycles. The number of amidine groups is 1. The average molecular weight is 410 g/mol. The molecule has 2 aliphatic rings. The van der Waals surface area contributed by atoms with Crippen molar-refractivity contribution in [2.24, 2.45) is 10.4 Å². The SMILES string of the molecule is Clc1cccc(CN=C2Nc3cc(Cl)c(Cl)cc3CC23CCOCC3)c1. The van der Waals surface area contributed by atoms with Crippen molar-refractivity contribution in [2.75, 3.05) is 18.5 Å². The first-order valence-corrected chi connectivity index (χ1v) is 9.81. The second-order valence-electron chi connectivity index (χ2n) is 6.91. The van der Waals surface area contributed by atoms with Gasteiger partial charge in [0.1, 0.15) is 5.84 Å². The van der Waals surface area contributed by atoms with Gasteiger partial charge in [0.05, 0.1) is 16.6 Å². The number of fused-ring (bicyclic) bond motifs is 1. The third-order valence-corrected chi connectivity index (χ3v) is 6.15.